The Balaban J connectivity index is 1.83. The van der Waals surface area contributed by atoms with Crippen LogP contribution in [0.1, 0.15) is 39.0 Å². The molecule has 0 atom stereocenters. The number of carbonyl (C=O) groups excluding carboxylic acids is 1. The molecule has 9 heteroatoms. The van der Waals surface area contributed by atoms with Crippen molar-refractivity contribution in [1.82, 2.24) is 19.7 Å². The third-order valence-corrected chi connectivity index (χ3v) is 6.49. The van der Waals surface area contributed by atoms with Crippen LogP contribution in [0.2, 0.25) is 0 Å². The molecule has 1 aromatic carbocycles. The summed E-state index contributed by atoms with van der Waals surface area (Å²) in [5.41, 5.74) is 4.77. The molecule has 0 radical (unpaired) electrons. The fourth-order valence-corrected chi connectivity index (χ4v) is 4.85. The lowest BCUT2D eigenvalue weighted by Gasteiger charge is -2.16. The second-order valence-electron chi connectivity index (χ2n) is 7.29. The van der Waals surface area contributed by atoms with Gasteiger partial charge in [-0.05, 0) is 38.0 Å². The Kier molecular flexibility index (Phi) is 4.91. The molecule has 5 rings (SSSR count). The smallest absolute Gasteiger partial charge is 0.340 e. The highest BCUT2D eigenvalue weighted by atomic mass is 32.1. The van der Waals surface area contributed by atoms with E-state index in [1.54, 1.807) is 35.5 Å². The summed E-state index contributed by atoms with van der Waals surface area (Å²) in [5.74, 6) is 0.248. The van der Waals surface area contributed by atoms with Crippen LogP contribution in [0.3, 0.4) is 0 Å². The first-order valence-corrected chi connectivity index (χ1v) is 10.7. The Hall–Kier alpha value is -3.30. The fraction of sp³-hybridized carbons (Fsp3) is 0.273. The molecule has 3 aromatic heterocycles. The molecular weight excluding hydrogens is 416 g/mol. The van der Waals surface area contributed by atoms with Crippen molar-refractivity contribution in [2.75, 3.05) is 6.61 Å². The average Bonchev–Trinajstić information content (AvgIpc) is 3.48. The zero-order valence-corrected chi connectivity index (χ0v) is 18.2. The van der Waals surface area contributed by atoms with Gasteiger partial charge in [-0.2, -0.15) is 4.89 Å². The van der Waals surface area contributed by atoms with Gasteiger partial charge >= 0.3 is 5.97 Å². The molecule has 4 aromatic rings. The number of thiophene rings is 1. The van der Waals surface area contributed by atoms with Crippen LogP contribution in [-0.2, 0) is 22.8 Å². The molecule has 0 amide bonds. The topological polar surface area (TPSA) is 88.4 Å². The second-order valence-corrected chi connectivity index (χ2v) is 8.50. The van der Waals surface area contributed by atoms with Crippen molar-refractivity contribution in [2.24, 2.45) is 0 Å². The van der Waals surface area contributed by atoms with Gasteiger partial charge in [0.15, 0.2) is 5.75 Å². The minimum atomic E-state index is -0.407. The van der Waals surface area contributed by atoms with E-state index in [0.717, 1.165) is 37.3 Å². The van der Waals surface area contributed by atoms with Crippen LogP contribution in [0.15, 0.2) is 30.9 Å². The van der Waals surface area contributed by atoms with Crippen LogP contribution in [0.25, 0.3) is 21.3 Å². The zero-order valence-electron chi connectivity index (χ0n) is 17.3. The van der Waals surface area contributed by atoms with Crippen molar-refractivity contribution < 1.29 is 19.3 Å². The van der Waals surface area contributed by atoms with Gasteiger partial charge in [0, 0.05) is 21.4 Å². The van der Waals surface area contributed by atoms with Crippen LogP contribution >= 0.6 is 11.3 Å². The van der Waals surface area contributed by atoms with E-state index in [-0.39, 0.29) is 6.61 Å². The van der Waals surface area contributed by atoms with E-state index in [1.807, 2.05) is 18.2 Å². The lowest BCUT2D eigenvalue weighted by molar-refractivity contribution is -0.194. The van der Waals surface area contributed by atoms with Crippen LogP contribution in [-0.4, -0.2) is 32.3 Å². The zero-order chi connectivity index (χ0) is 21.5. The lowest BCUT2D eigenvalue weighted by Crippen LogP contribution is -2.14. The van der Waals surface area contributed by atoms with Crippen LogP contribution in [0, 0.1) is 13.8 Å². The van der Waals surface area contributed by atoms with Crippen molar-refractivity contribution in [3.05, 3.63) is 58.1 Å². The molecule has 0 spiro atoms. The van der Waals surface area contributed by atoms with E-state index in [0.29, 0.717) is 30.2 Å². The Morgan fingerprint density at radius 2 is 2.06 bits per heavy atom. The van der Waals surface area contributed by atoms with E-state index >= 15 is 0 Å². The van der Waals surface area contributed by atoms with Gasteiger partial charge in [0.1, 0.15) is 24.1 Å². The van der Waals surface area contributed by atoms with Crippen LogP contribution < -0.4 is 4.89 Å². The fourth-order valence-electron chi connectivity index (χ4n) is 3.80. The number of benzene rings is 1. The van der Waals surface area contributed by atoms with Gasteiger partial charge in [-0.25, -0.2) is 9.78 Å². The molecule has 0 aliphatic carbocycles. The quantitative estimate of drug-likeness (QED) is 0.342. The summed E-state index contributed by atoms with van der Waals surface area (Å²) in [6.45, 7) is 6.94. The van der Waals surface area contributed by atoms with Crippen molar-refractivity contribution in [2.45, 2.75) is 33.9 Å². The number of esters is 1. The molecule has 0 saturated carbocycles. The van der Waals surface area contributed by atoms with E-state index in [4.69, 9.17) is 19.5 Å². The molecule has 0 saturated heterocycles. The van der Waals surface area contributed by atoms with E-state index in [1.165, 1.54) is 0 Å². The summed E-state index contributed by atoms with van der Waals surface area (Å²) in [6.07, 6.45) is 3.21. The Bertz CT molecular complexity index is 1300. The number of ether oxygens (including phenoxy) is 1. The van der Waals surface area contributed by atoms with Gasteiger partial charge in [0.2, 0.25) is 0 Å². The van der Waals surface area contributed by atoms with Gasteiger partial charge in [-0.3, -0.25) is 0 Å². The molecule has 0 fully saturated rings. The van der Waals surface area contributed by atoms with Crippen molar-refractivity contribution in [3.8, 4) is 16.9 Å². The first kappa shape index (κ1) is 19.7. The van der Waals surface area contributed by atoms with Crippen LogP contribution in [0.4, 0.5) is 0 Å². The summed E-state index contributed by atoms with van der Waals surface area (Å²) < 4.78 is 7.25. The molecule has 1 aliphatic heterocycles. The number of fused-ring (bicyclic) bond motifs is 2. The molecule has 1 aliphatic rings. The summed E-state index contributed by atoms with van der Waals surface area (Å²) in [4.78, 5) is 30.6. The second kappa shape index (κ2) is 7.75. The highest BCUT2D eigenvalue weighted by Crippen LogP contribution is 2.42. The van der Waals surface area contributed by atoms with Gasteiger partial charge in [-0.15, -0.1) is 21.5 Å². The molecule has 158 valence electrons. The molecule has 0 N–H and O–H groups in total. The minimum Gasteiger partial charge on any atom is -0.462 e. The maximum Gasteiger partial charge on any atom is 0.340 e. The Morgan fingerprint density at radius 3 is 2.84 bits per heavy atom. The van der Waals surface area contributed by atoms with E-state index < -0.39 is 5.97 Å². The van der Waals surface area contributed by atoms with Crippen molar-refractivity contribution in [1.29, 1.82) is 0 Å². The van der Waals surface area contributed by atoms with Gasteiger partial charge in [-0.1, -0.05) is 12.1 Å². The van der Waals surface area contributed by atoms with E-state index in [2.05, 4.69) is 24.0 Å². The third-order valence-electron chi connectivity index (χ3n) is 5.39. The molecule has 0 unspecified atom stereocenters. The van der Waals surface area contributed by atoms with E-state index in [9.17, 15) is 4.79 Å². The number of nitrogens with zero attached hydrogens (tertiary/aromatic N) is 4. The molecule has 8 nitrogen and oxygen atoms in total. The molecular formula is C22H20N4O4S. The lowest BCUT2D eigenvalue weighted by atomic mass is 9.93. The summed E-state index contributed by atoms with van der Waals surface area (Å²) >= 11 is 1.61. The normalized spacial score (nSPS) is 12.7. The SMILES string of the molecule is CCOC(=O)c1c(Cn2cnnc2)nc2sc(C)c(C)c2c1-c1ccc2c(c1)OOC2. The van der Waals surface area contributed by atoms with Crippen LogP contribution in [0.5, 0.6) is 5.75 Å². The summed E-state index contributed by atoms with van der Waals surface area (Å²) in [5, 5.41) is 8.70. The van der Waals surface area contributed by atoms with Gasteiger partial charge in [0.05, 0.1) is 24.4 Å². The van der Waals surface area contributed by atoms with Gasteiger partial charge < -0.3 is 14.2 Å². The van der Waals surface area contributed by atoms with Crippen molar-refractivity contribution >= 4 is 27.5 Å². The maximum atomic E-state index is 13.2. The first-order valence-electron chi connectivity index (χ1n) is 9.91. The molecule has 4 heterocycles. The number of aromatic nitrogens is 4. The third kappa shape index (κ3) is 3.35. The number of aryl methyl sites for hydroxylation is 2. The monoisotopic (exact) mass is 436 g/mol. The largest absolute Gasteiger partial charge is 0.462 e. The predicted molar refractivity (Wildman–Crippen MR) is 115 cm³/mol. The number of hydrogen-bond acceptors (Lipinski definition) is 8. The van der Waals surface area contributed by atoms with Gasteiger partial charge in [0.25, 0.3) is 0 Å². The van der Waals surface area contributed by atoms with Crippen molar-refractivity contribution in [3.63, 3.8) is 0 Å². The Labute approximate surface area is 182 Å². The minimum absolute atomic E-state index is 0.269. The first-order chi connectivity index (χ1) is 15.1. The number of hydrogen-bond donors (Lipinski definition) is 0. The average molecular weight is 436 g/mol. The Morgan fingerprint density at radius 1 is 1.26 bits per heavy atom. The number of pyridine rings is 1. The standard InChI is InChI=1S/C22H20N4O4S/c1-4-28-22(27)20-16(8-26-10-23-24-11-26)25-21-18(12(2)13(3)31-21)19(20)14-5-6-15-9-29-30-17(15)7-14/h5-7,10-11H,4,8-9H2,1-3H3. The highest BCUT2D eigenvalue weighted by molar-refractivity contribution is 7.18. The number of carbonyl (C=O) groups is 1. The predicted octanol–water partition coefficient (Wildman–Crippen LogP) is 4.22. The highest BCUT2D eigenvalue weighted by Gasteiger charge is 2.27. The number of rotatable bonds is 5. The maximum absolute atomic E-state index is 13.2. The molecule has 0 bridgehead atoms. The molecule has 31 heavy (non-hydrogen) atoms. The summed E-state index contributed by atoms with van der Waals surface area (Å²) in [6, 6.07) is 5.87. The summed E-state index contributed by atoms with van der Waals surface area (Å²) in [7, 11) is 0.